The maximum Gasteiger partial charge on any atom is 0.407 e. The van der Waals surface area contributed by atoms with Crippen molar-refractivity contribution in [3.8, 4) is 0 Å². The normalized spacial score (nSPS) is 22.2. The summed E-state index contributed by atoms with van der Waals surface area (Å²) in [6, 6.07) is 5.06. The van der Waals surface area contributed by atoms with Crippen LogP contribution in [0.5, 0.6) is 0 Å². The maximum atomic E-state index is 11.6. The summed E-state index contributed by atoms with van der Waals surface area (Å²) in [4.78, 5) is 14.3. The van der Waals surface area contributed by atoms with Crippen LogP contribution in [-0.2, 0) is 11.3 Å². The van der Waals surface area contributed by atoms with E-state index in [0.29, 0.717) is 6.04 Å². The zero-order valence-corrected chi connectivity index (χ0v) is 13.5. The lowest BCUT2D eigenvalue weighted by molar-refractivity contribution is 0.0465. The number of aryl methyl sites for hydroxylation is 1. The number of thiophene rings is 1. The number of carbonyl (C=O) groups excluding carboxylic acids is 1. The molecule has 1 saturated carbocycles. The maximum absolute atomic E-state index is 11.6. The van der Waals surface area contributed by atoms with Gasteiger partial charge in [-0.2, -0.15) is 0 Å². The molecule has 0 spiro atoms. The van der Waals surface area contributed by atoms with E-state index in [1.54, 1.807) is 0 Å². The zero-order chi connectivity index (χ0) is 14.8. The minimum Gasteiger partial charge on any atom is -0.444 e. The van der Waals surface area contributed by atoms with Gasteiger partial charge in [-0.25, -0.2) is 4.79 Å². The molecule has 0 unspecified atom stereocenters. The number of nitrogens with one attached hydrogen (secondary N) is 2. The summed E-state index contributed by atoms with van der Waals surface area (Å²) >= 11 is 1.83. The molecule has 1 aromatic heterocycles. The number of ether oxygens (including phenoxy) is 1. The largest absolute Gasteiger partial charge is 0.444 e. The summed E-state index contributed by atoms with van der Waals surface area (Å²) < 4.78 is 5.24. The number of amides is 1. The van der Waals surface area contributed by atoms with E-state index < -0.39 is 5.60 Å². The molecule has 0 atom stereocenters. The lowest BCUT2D eigenvalue weighted by Gasteiger charge is -2.36. The van der Waals surface area contributed by atoms with Crippen LogP contribution in [0.25, 0.3) is 0 Å². The first-order valence-electron chi connectivity index (χ1n) is 7.10. The van der Waals surface area contributed by atoms with Gasteiger partial charge in [0.2, 0.25) is 0 Å². The summed E-state index contributed by atoms with van der Waals surface area (Å²) in [5.41, 5.74) is -0.428. The van der Waals surface area contributed by atoms with Gasteiger partial charge in [-0.05, 0) is 52.7 Å². The molecule has 0 aromatic carbocycles. The highest BCUT2D eigenvalue weighted by atomic mass is 32.1. The highest BCUT2D eigenvalue weighted by molar-refractivity contribution is 7.11. The first-order valence-corrected chi connectivity index (χ1v) is 7.92. The van der Waals surface area contributed by atoms with E-state index in [4.69, 9.17) is 4.74 Å². The van der Waals surface area contributed by atoms with Crippen molar-refractivity contribution in [2.75, 3.05) is 0 Å². The topological polar surface area (TPSA) is 50.4 Å². The third-order valence-corrected chi connectivity index (χ3v) is 4.22. The third-order valence-electron chi connectivity index (χ3n) is 3.22. The lowest BCUT2D eigenvalue weighted by atomic mass is 9.87. The van der Waals surface area contributed by atoms with E-state index in [1.165, 1.54) is 9.75 Å². The molecule has 1 aliphatic rings. The van der Waals surface area contributed by atoms with Crippen molar-refractivity contribution in [2.24, 2.45) is 0 Å². The summed E-state index contributed by atoms with van der Waals surface area (Å²) in [7, 11) is 0. The quantitative estimate of drug-likeness (QED) is 0.897. The van der Waals surface area contributed by atoms with E-state index in [-0.39, 0.29) is 12.1 Å². The predicted molar refractivity (Wildman–Crippen MR) is 82.1 cm³/mol. The van der Waals surface area contributed by atoms with Crippen LogP contribution in [0, 0.1) is 6.92 Å². The first kappa shape index (κ1) is 15.3. The average molecular weight is 296 g/mol. The van der Waals surface area contributed by atoms with Crippen LogP contribution in [0.2, 0.25) is 0 Å². The Morgan fingerprint density at radius 2 is 2.05 bits per heavy atom. The molecule has 0 bridgehead atoms. The fourth-order valence-electron chi connectivity index (χ4n) is 2.20. The standard InChI is InChI=1S/C15H24N2O2S/c1-10-5-6-13(20-10)9-16-11-7-12(8-11)17-14(18)19-15(2,3)4/h5-6,11-12,16H,7-9H2,1-4H3,(H,17,18). The van der Waals surface area contributed by atoms with Gasteiger partial charge in [-0.3, -0.25) is 0 Å². The van der Waals surface area contributed by atoms with Crippen molar-refractivity contribution in [1.29, 1.82) is 0 Å². The van der Waals surface area contributed by atoms with Gasteiger partial charge in [0, 0.05) is 28.4 Å². The molecule has 5 heteroatoms. The molecule has 1 aromatic rings. The van der Waals surface area contributed by atoms with Crippen LogP contribution in [0.1, 0.15) is 43.4 Å². The van der Waals surface area contributed by atoms with Crippen molar-refractivity contribution in [2.45, 2.75) is 64.8 Å². The minimum absolute atomic E-state index is 0.243. The summed E-state index contributed by atoms with van der Waals surface area (Å²) in [6.45, 7) is 8.67. The molecule has 2 N–H and O–H groups in total. The van der Waals surface area contributed by atoms with E-state index in [1.807, 2.05) is 32.1 Å². The van der Waals surface area contributed by atoms with Gasteiger partial charge in [0.15, 0.2) is 0 Å². The van der Waals surface area contributed by atoms with Gasteiger partial charge in [-0.1, -0.05) is 0 Å². The number of rotatable bonds is 4. The highest BCUT2D eigenvalue weighted by Crippen LogP contribution is 2.22. The van der Waals surface area contributed by atoms with Crippen LogP contribution < -0.4 is 10.6 Å². The lowest BCUT2D eigenvalue weighted by Crippen LogP contribution is -2.52. The molecule has 112 valence electrons. The first-order chi connectivity index (χ1) is 9.32. The smallest absolute Gasteiger partial charge is 0.407 e. The van der Waals surface area contributed by atoms with Crippen molar-refractivity contribution < 1.29 is 9.53 Å². The molecule has 1 heterocycles. The zero-order valence-electron chi connectivity index (χ0n) is 12.7. The fraction of sp³-hybridized carbons (Fsp3) is 0.667. The molecule has 2 rings (SSSR count). The van der Waals surface area contributed by atoms with Crippen molar-refractivity contribution in [3.63, 3.8) is 0 Å². The third kappa shape index (κ3) is 4.80. The Morgan fingerprint density at radius 1 is 1.35 bits per heavy atom. The number of carbonyl (C=O) groups is 1. The molecular formula is C15H24N2O2S. The van der Waals surface area contributed by atoms with Crippen LogP contribution in [-0.4, -0.2) is 23.8 Å². The van der Waals surface area contributed by atoms with E-state index >= 15 is 0 Å². The number of hydrogen-bond donors (Lipinski definition) is 2. The van der Waals surface area contributed by atoms with Gasteiger partial charge < -0.3 is 15.4 Å². The van der Waals surface area contributed by atoms with Crippen LogP contribution >= 0.6 is 11.3 Å². The molecule has 0 radical (unpaired) electrons. The summed E-state index contributed by atoms with van der Waals surface area (Å²) in [6.07, 6.45) is 1.64. The molecule has 1 fully saturated rings. The Kier molecular flexibility index (Phi) is 4.70. The van der Waals surface area contributed by atoms with Gasteiger partial charge in [-0.15, -0.1) is 11.3 Å². The van der Waals surface area contributed by atoms with Crippen molar-refractivity contribution in [1.82, 2.24) is 10.6 Å². The van der Waals surface area contributed by atoms with Gasteiger partial charge >= 0.3 is 6.09 Å². The molecule has 1 aliphatic carbocycles. The summed E-state index contributed by atoms with van der Waals surface area (Å²) in [5.74, 6) is 0. The Hall–Kier alpha value is -1.07. The van der Waals surface area contributed by atoms with Crippen LogP contribution in [0.4, 0.5) is 4.79 Å². The van der Waals surface area contributed by atoms with Crippen molar-refractivity contribution in [3.05, 3.63) is 21.9 Å². The minimum atomic E-state index is -0.428. The average Bonchev–Trinajstić information content (AvgIpc) is 2.64. The molecule has 0 saturated heterocycles. The van der Waals surface area contributed by atoms with E-state index in [0.717, 1.165) is 19.4 Å². The Balaban J connectivity index is 1.61. The number of alkyl carbamates (subject to hydrolysis) is 1. The van der Waals surface area contributed by atoms with Crippen LogP contribution in [0.3, 0.4) is 0 Å². The van der Waals surface area contributed by atoms with Gasteiger partial charge in [0.1, 0.15) is 5.60 Å². The molecular weight excluding hydrogens is 272 g/mol. The Labute approximate surface area is 124 Å². The highest BCUT2D eigenvalue weighted by Gasteiger charge is 2.31. The summed E-state index contributed by atoms with van der Waals surface area (Å²) in [5, 5.41) is 6.43. The van der Waals surface area contributed by atoms with Gasteiger partial charge in [0.05, 0.1) is 0 Å². The van der Waals surface area contributed by atoms with Gasteiger partial charge in [0.25, 0.3) is 0 Å². The Bertz CT molecular complexity index is 459. The molecule has 0 aliphatic heterocycles. The molecule has 4 nitrogen and oxygen atoms in total. The van der Waals surface area contributed by atoms with Crippen molar-refractivity contribution >= 4 is 17.4 Å². The Morgan fingerprint density at radius 3 is 2.60 bits per heavy atom. The second-order valence-electron chi connectivity index (χ2n) is 6.40. The monoisotopic (exact) mass is 296 g/mol. The second-order valence-corrected chi connectivity index (χ2v) is 7.78. The SMILES string of the molecule is Cc1ccc(CNC2CC(NC(=O)OC(C)(C)C)C2)s1. The van der Waals surface area contributed by atoms with E-state index in [9.17, 15) is 4.79 Å². The van der Waals surface area contributed by atoms with Crippen LogP contribution in [0.15, 0.2) is 12.1 Å². The predicted octanol–water partition coefficient (Wildman–Crippen LogP) is 3.20. The molecule has 20 heavy (non-hydrogen) atoms. The number of hydrogen-bond acceptors (Lipinski definition) is 4. The second kappa shape index (κ2) is 6.14. The fourth-order valence-corrected chi connectivity index (χ4v) is 3.04. The molecule has 1 amide bonds. The van der Waals surface area contributed by atoms with E-state index in [2.05, 4.69) is 29.7 Å².